The molecule has 0 N–H and O–H groups in total. The third-order valence-corrected chi connectivity index (χ3v) is 8.15. The fourth-order valence-electron chi connectivity index (χ4n) is 4.65. The lowest BCUT2D eigenvalue weighted by Gasteiger charge is -2.07. The lowest BCUT2D eigenvalue weighted by molar-refractivity contribution is 0.571. The van der Waals surface area contributed by atoms with E-state index >= 15 is 0 Å². The van der Waals surface area contributed by atoms with Crippen molar-refractivity contribution < 1.29 is 4.42 Å². The molecule has 4 heterocycles. The molecule has 6 rings (SSSR count). The molecule has 0 aliphatic carbocycles. The zero-order valence-electron chi connectivity index (χ0n) is 20.3. The minimum atomic E-state index is -0.221. The van der Waals surface area contributed by atoms with Gasteiger partial charge in [-0.2, -0.15) is 5.26 Å². The van der Waals surface area contributed by atoms with Gasteiger partial charge in [0.05, 0.1) is 10.2 Å². The number of benzene rings is 2. The SMILES string of the molecule is N#CC(c1nnc2n1CCCCC2)=c1sc(=Cc2ccc(-c3ccc(Br)cc3)o2)c(=O)n1-c1ccccc1. The number of nitrogens with zero attached hydrogens (tertiary/aromatic N) is 5. The van der Waals surface area contributed by atoms with Crippen LogP contribution in [0.1, 0.15) is 36.7 Å². The first kappa shape index (κ1) is 24.3. The molecule has 38 heavy (non-hydrogen) atoms. The van der Waals surface area contributed by atoms with Gasteiger partial charge in [0, 0.05) is 29.1 Å². The highest BCUT2D eigenvalue weighted by atomic mass is 79.9. The molecule has 0 bridgehead atoms. The van der Waals surface area contributed by atoms with E-state index in [1.54, 1.807) is 10.6 Å². The summed E-state index contributed by atoms with van der Waals surface area (Å²) in [6.45, 7) is 0.758. The van der Waals surface area contributed by atoms with Gasteiger partial charge in [-0.1, -0.05) is 52.7 Å². The molecule has 2 aromatic carbocycles. The van der Waals surface area contributed by atoms with Gasteiger partial charge >= 0.3 is 0 Å². The summed E-state index contributed by atoms with van der Waals surface area (Å²) in [5.74, 6) is 2.66. The molecule has 1 aliphatic heterocycles. The minimum Gasteiger partial charge on any atom is -0.457 e. The van der Waals surface area contributed by atoms with Crippen LogP contribution in [0.4, 0.5) is 0 Å². The Hall–Kier alpha value is -4.00. The highest BCUT2D eigenvalue weighted by molar-refractivity contribution is 9.10. The molecular formula is C29H22BrN5O2S. The van der Waals surface area contributed by atoms with Crippen LogP contribution < -0.4 is 14.8 Å². The highest BCUT2D eigenvalue weighted by Crippen LogP contribution is 2.24. The summed E-state index contributed by atoms with van der Waals surface area (Å²) in [6.07, 6.45) is 5.74. The molecule has 0 spiro atoms. The van der Waals surface area contributed by atoms with Crippen molar-refractivity contribution in [3.05, 3.63) is 108 Å². The average molecular weight is 584 g/mol. The Morgan fingerprint density at radius 1 is 1.03 bits per heavy atom. The van der Waals surface area contributed by atoms with E-state index in [0.717, 1.165) is 48.1 Å². The third kappa shape index (κ3) is 4.57. The topological polar surface area (TPSA) is 89.6 Å². The Morgan fingerprint density at radius 3 is 2.63 bits per heavy atom. The Balaban J connectivity index is 1.56. The van der Waals surface area contributed by atoms with Crippen LogP contribution in [0.3, 0.4) is 0 Å². The number of thiazole rings is 1. The molecule has 0 unspecified atom stereocenters. The summed E-state index contributed by atoms with van der Waals surface area (Å²) in [6, 6.07) is 23.3. The number of hydrogen-bond acceptors (Lipinski definition) is 6. The second-order valence-electron chi connectivity index (χ2n) is 8.99. The standard InChI is InChI=1S/C29H22BrN5O2S/c30-20-12-10-19(11-13-20)24-15-14-22(37-24)17-25-28(36)35(21-7-3-1-4-8-21)29(38-25)23(18-31)27-33-32-26-9-5-2-6-16-34(26)27/h1,3-4,7-8,10-15,17H,2,5-6,9,16H2. The second kappa shape index (κ2) is 10.4. The van der Waals surface area contributed by atoms with Crippen LogP contribution in [0.2, 0.25) is 0 Å². The van der Waals surface area contributed by atoms with Crippen molar-refractivity contribution in [2.45, 2.75) is 32.2 Å². The van der Waals surface area contributed by atoms with Gasteiger partial charge in [0.2, 0.25) is 0 Å². The van der Waals surface area contributed by atoms with Gasteiger partial charge in [0.1, 0.15) is 33.7 Å². The normalized spacial score (nSPS) is 14.6. The molecule has 1 aliphatic rings. The number of halogens is 1. The quantitative estimate of drug-likeness (QED) is 0.303. The molecule has 0 amide bonds. The van der Waals surface area contributed by atoms with Gasteiger partial charge in [0.25, 0.3) is 5.56 Å². The van der Waals surface area contributed by atoms with Crippen LogP contribution in [0.15, 0.2) is 80.4 Å². The zero-order chi connectivity index (χ0) is 26.1. The fraction of sp³-hybridized carbons (Fsp3) is 0.172. The first-order chi connectivity index (χ1) is 18.6. The molecule has 5 aromatic rings. The first-order valence-electron chi connectivity index (χ1n) is 12.3. The van der Waals surface area contributed by atoms with Crippen molar-refractivity contribution in [3.63, 3.8) is 0 Å². The molecular weight excluding hydrogens is 562 g/mol. The van der Waals surface area contributed by atoms with E-state index in [4.69, 9.17) is 4.42 Å². The van der Waals surface area contributed by atoms with E-state index in [2.05, 4.69) is 32.2 Å². The Morgan fingerprint density at radius 2 is 1.84 bits per heavy atom. The maximum Gasteiger partial charge on any atom is 0.273 e. The predicted molar refractivity (Wildman–Crippen MR) is 150 cm³/mol. The first-order valence-corrected chi connectivity index (χ1v) is 13.9. The number of aromatic nitrogens is 4. The smallest absolute Gasteiger partial charge is 0.273 e. The lowest BCUT2D eigenvalue weighted by atomic mass is 10.2. The summed E-state index contributed by atoms with van der Waals surface area (Å²) < 4.78 is 11.7. The number of furan rings is 1. The van der Waals surface area contributed by atoms with Gasteiger partial charge in [0.15, 0.2) is 5.82 Å². The summed E-state index contributed by atoms with van der Waals surface area (Å²) >= 11 is 4.71. The molecule has 188 valence electrons. The minimum absolute atomic E-state index is 0.221. The Kier molecular flexibility index (Phi) is 6.66. The molecule has 0 atom stereocenters. The molecule has 0 fully saturated rings. The maximum absolute atomic E-state index is 13.8. The van der Waals surface area contributed by atoms with E-state index in [1.807, 2.05) is 71.3 Å². The van der Waals surface area contributed by atoms with Crippen LogP contribution in [0.5, 0.6) is 0 Å². The molecule has 9 heteroatoms. The van der Waals surface area contributed by atoms with Gasteiger partial charge in [-0.25, -0.2) is 0 Å². The Labute approximate surface area is 230 Å². The van der Waals surface area contributed by atoms with Crippen molar-refractivity contribution in [1.82, 2.24) is 19.3 Å². The van der Waals surface area contributed by atoms with Crippen molar-refractivity contribution in [1.29, 1.82) is 5.26 Å². The van der Waals surface area contributed by atoms with Crippen molar-refractivity contribution >= 4 is 38.9 Å². The van der Waals surface area contributed by atoms with Gasteiger partial charge in [-0.05, 0) is 49.2 Å². The number of hydrogen-bond donors (Lipinski definition) is 0. The van der Waals surface area contributed by atoms with Crippen LogP contribution in [0.25, 0.3) is 28.7 Å². The molecule has 7 nitrogen and oxygen atoms in total. The molecule has 0 radical (unpaired) electrons. The molecule has 0 saturated heterocycles. The second-order valence-corrected chi connectivity index (χ2v) is 10.9. The largest absolute Gasteiger partial charge is 0.457 e. The van der Waals surface area contributed by atoms with E-state index in [1.165, 1.54) is 11.3 Å². The zero-order valence-corrected chi connectivity index (χ0v) is 22.7. The lowest BCUT2D eigenvalue weighted by Crippen LogP contribution is -2.31. The monoisotopic (exact) mass is 583 g/mol. The van der Waals surface area contributed by atoms with Crippen LogP contribution >= 0.6 is 27.3 Å². The number of rotatable bonds is 4. The highest BCUT2D eigenvalue weighted by Gasteiger charge is 2.21. The number of aryl methyl sites for hydroxylation is 1. The van der Waals surface area contributed by atoms with Crippen molar-refractivity contribution in [2.75, 3.05) is 0 Å². The Bertz CT molecular complexity index is 1840. The van der Waals surface area contributed by atoms with Crippen LogP contribution in [-0.2, 0) is 13.0 Å². The summed E-state index contributed by atoms with van der Waals surface area (Å²) in [4.78, 5) is 13.8. The summed E-state index contributed by atoms with van der Waals surface area (Å²) in [7, 11) is 0. The van der Waals surface area contributed by atoms with Crippen molar-refractivity contribution in [2.24, 2.45) is 0 Å². The third-order valence-electron chi connectivity index (χ3n) is 6.53. The fourth-order valence-corrected chi connectivity index (χ4v) is 6.00. The van der Waals surface area contributed by atoms with Gasteiger partial charge in [-0.15, -0.1) is 21.5 Å². The van der Waals surface area contributed by atoms with Gasteiger partial charge < -0.3 is 8.98 Å². The maximum atomic E-state index is 13.8. The number of para-hydroxylation sites is 1. The van der Waals surface area contributed by atoms with E-state index in [9.17, 15) is 10.1 Å². The van der Waals surface area contributed by atoms with Crippen LogP contribution in [-0.4, -0.2) is 19.3 Å². The predicted octanol–water partition coefficient (Wildman–Crippen LogP) is 4.79. The molecule has 0 saturated carbocycles. The van der Waals surface area contributed by atoms with E-state index in [-0.39, 0.29) is 5.56 Å². The summed E-state index contributed by atoms with van der Waals surface area (Å²) in [5.41, 5.74) is 1.74. The van der Waals surface area contributed by atoms with E-state index < -0.39 is 0 Å². The van der Waals surface area contributed by atoms with E-state index in [0.29, 0.717) is 37.8 Å². The number of nitriles is 1. The van der Waals surface area contributed by atoms with Crippen molar-refractivity contribution in [3.8, 4) is 23.1 Å². The average Bonchev–Trinajstić information content (AvgIpc) is 3.60. The number of fused-ring (bicyclic) bond motifs is 1. The molecule has 3 aromatic heterocycles. The van der Waals surface area contributed by atoms with Crippen LogP contribution in [0, 0.1) is 11.3 Å². The van der Waals surface area contributed by atoms with Gasteiger partial charge in [-0.3, -0.25) is 9.36 Å². The summed E-state index contributed by atoms with van der Waals surface area (Å²) in [5, 5.41) is 19.1.